The molecule has 1 aliphatic heterocycles. The van der Waals surface area contributed by atoms with Crippen molar-refractivity contribution >= 4 is 15.9 Å². The number of hydrogen-bond acceptors (Lipinski definition) is 4. The van der Waals surface area contributed by atoms with E-state index in [1.165, 1.54) is 4.31 Å². The summed E-state index contributed by atoms with van der Waals surface area (Å²) in [7, 11) is -3.59. The molecule has 4 rings (SSSR count). The maximum Gasteiger partial charge on any atom is 0.243 e. The van der Waals surface area contributed by atoms with Crippen molar-refractivity contribution in [2.45, 2.75) is 45.6 Å². The third-order valence-electron chi connectivity index (χ3n) is 7.41. The largest absolute Gasteiger partial charge is 0.273 e. The van der Waals surface area contributed by atoms with Crippen LogP contribution in [0.3, 0.4) is 0 Å². The normalized spacial score (nSPS) is 34.5. The lowest BCUT2D eigenvalue weighted by atomic mass is 9.69. The fourth-order valence-electron chi connectivity index (χ4n) is 5.79. The SMILES string of the molecule is C=C[C@@H](Cc1cccnc1)C(=O)N1[C@@H]2CC3CCC2(CS1(=O)=O)C3(C)C. The molecule has 2 heterocycles. The third kappa shape index (κ3) is 2.24. The predicted molar refractivity (Wildman–Crippen MR) is 99.6 cm³/mol. The van der Waals surface area contributed by atoms with E-state index in [4.69, 9.17) is 0 Å². The van der Waals surface area contributed by atoms with Gasteiger partial charge in [0.25, 0.3) is 0 Å². The first-order chi connectivity index (χ1) is 12.2. The van der Waals surface area contributed by atoms with Crippen molar-refractivity contribution in [3.05, 3.63) is 42.7 Å². The molecule has 5 nitrogen and oxygen atoms in total. The summed E-state index contributed by atoms with van der Waals surface area (Å²) in [5.74, 6) is -0.268. The molecule has 6 heteroatoms. The second-order valence-corrected chi connectivity index (χ2v) is 10.5. The van der Waals surface area contributed by atoms with Crippen LogP contribution in [-0.2, 0) is 21.2 Å². The lowest BCUT2D eigenvalue weighted by molar-refractivity contribution is -0.131. The van der Waals surface area contributed by atoms with E-state index in [0.29, 0.717) is 12.3 Å². The monoisotopic (exact) mass is 374 g/mol. The summed E-state index contributed by atoms with van der Waals surface area (Å²) in [6.07, 6.45) is 8.17. The Balaban J connectivity index is 1.66. The molecule has 0 aromatic carbocycles. The third-order valence-corrected chi connectivity index (χ3v) is 9.32. The molecular formula is C20H26N2O3S. The minimum Gasteiger partial charge on any atom is -0.273 e. The summed E-state index contributed by atoms with van der Waals surface area (Å²) < 4.78 is 27.3. The van der Waals surface area contributed by atoms with Crippen molar-refractivity contribution < 1.29 is 13.2 Å². The van der Waals surface area contributed by atoms with Crippen LogP contribution in [0, 0.1) is 22.7 Å². The standard InChI is InChI=1S/C20H26N2O3S/c1-4-15(10-14-6-5-9-21-12-14)18(23)22-17-11-16-7-8-20(17,19(16,2)3)13-26(22,24)25/h4-6,9,12,15-17H,1,7-8,10-11,13H2,2-3H3/t15-,16?,17+,20?/m0/s1. The molecule has 1 aromatic heterocycles. The van der Waals surface area contributed by atoms with Crippen molar-refractivity contribution in [1.82, 2.24) is 9.29 Å². The summed E-state index contributed by atoms with van der Waals surface area (Å²) >= 11 is 0. The molecular weight excluding hydrogens is 348 g/mol. The second-order valence-electron chi connectivity index (χ2n) is 8.66. The Morgan fingerprint density at radius 1 is 1.50 bits per heavy atom. The maximum atomic E-state index is 13.3. The highest BCUT2D eigenvalue weighted by atomic mass is 32.2. The van der Waals surface area contributed by atoms with Crippen LogP contribution in [0.25, 0.3) is 0 Å². The van der Waals surface area contributed by atoms with E-state index < -0.39 is 15.9 Å². The van der Waals surface area contributed by atoms with Gasteiger partial charge in [0.15, 0.2) is 0 Å². The van der Waals surface area contributed by atoms with Crippen molar-refractivity contribution in [3.8, 4) is 0 Å². The van der Waals surface area contributed by atoms with E-state index in [-0.39, 0.29) is 28.5 Å². The van der Waals surface area contributed by atoms with Crippen LogP contribution in [0.5, 0.6) is 0 Å². The van der Waals surface area contributed by atoms with Crippen LogP contribution in [0.4, 0.5) is 0 Å². The molecule has 0 N–H and O–H groups in total. The molecule has 2 saturated carbocycles. The number of hydrogen-bond donors (Lipinski definition) is 0. The Kier molecular flexibility index (Phi) is 3.85. The van der Waals surface area contributed by atoms with E-state index in [9.17, 15) is 13.2 Å². The van der Waals surface area contributed by atoms with Gasteiger partial charge in [-0.05, 0) is 48.6 Å². The highest BCUT2D eigenvalue weighted by Gasteiger charge is 2.72. The van der Waals surface area contributed by atoms with Crippen LogP contribution in [-0.4, -0.2) is 35.4 Å². The molecule has 2 unspecified atom stereocenters. The first-order valence-electron chi connectivity index (χ1n) is 9.30. The van der Waals surface area contributed by atoms with E-state index >= 15 is 0 Å². The second kappa shape index (κ2) is 5.65. The van der Waals surface area contributed by atoms with Gasteiger partial charge in [0.2, 0.25) is 15.9 Å². The molecule has 1 aromatic rings. The summed E-state index contributed by atoms with van der Waals surface area (Å²) in [4.78, 5) is 17.4. The first-order valence-corrected chi connectivity index (χ1v) is 10.9. The topological polar surface area (TPSA) is 67.3 Å². The van der Waals surface area contributed by atoms with E-state index in [1.807, 2.05) is 12.1 Å². The molecule has 1 saturated heterocycles. The number of aromatic nitrogens is 1. The quantitative estimate of drug-likeness (QED) is 0.760. The number of nitrogens with zero attached hydrogens (tertiary/aromatic N) is 2. The molecule has 140 valence electrons. The number of fused-ring (bicyclic) bond motifs is 1. The van der Waals surface area contributed by atoms with Crippen molar-refractivity contribution in [2.24, 2.45) is 22.7 Å². The molecule has 2 aliphatic carbocycles. The number of sulfonamides is 1. The Morgan fingerprint density at radius 3 is 2.88 bits per heavy atom. The fraction of sp³-hybridized carbons (Fsp3) is 0.600. The van der Waals surface area contributed by atoms with Crippen molar-refractivity contribution in [2.75, 3.05) is 5.75 Å². The van der Waals surface area contributed by atoms with Crippen LogP contribution in [0.1, 0.15) is 38.7 Å². The fourth-order valence-corrected chi connectivity index (χ4v) is 8.37. The molecule has 0 radical (unpaired) electrons. The van der Waals surface area contributed by atoms with Gasteiger partial charge in [-0.15, -0.1) is 6.58 Å². The number of carbonyl (C=O) groups is 1. The molecule has 3 fully saturated rings. The smallest absolute Gasteiger partial charge is 0.243 e. The molecule has 26 heavy (non-hydrogen) atoms. The number of rotatable bonds is 4. The Bertz CT molecular complexity index is 849. The van der Waals surface area contributed by atoms with Gasteiger partial charge in [-0.25, -0.2) is 12.7 Å². The van der Waals surface area contributed by atoms with Crippen LogP contribution >= 0.6 is 0 Å². The molecule has 2 bridgehead atoms. The number of pyridine rings is 1. The minimum atomic E-state index is -3.59. The Morgan fingerprint density at radius 2 is 2.27 bits per heavy atom. The summed E-state index contributed by atoms with van der Waals surface area (Å²) in [5.41, 5.74) is 0.587. The summed E-state index contributed by atoms with van der Waals surface area (Å²) in [6, 6.07) is 3.53. The van der Waals surface area contributed by atoms with Crippen LogP contribution in [0.15, 0.2) is 37.2 Å². The zero-order valence-electron chi connectivity index (χ0n) is 15.4. The minimum absolute atomic E-state index is 0.0349. The van der Waals surface area contributed by atoms with E-state index in [1.54, 1.807) is 18.5 Å². The molecule has 4 atom stereocenters. The lowest BCUT2D eigenvalue weighted by Gasteiger charge is -2.37. The summed E-state index contributed by atoms with van der Waals surface area (Å²) in [5, 5.41) is 0. The van der Waals surface area contributed by atoms with Crippen LogP contribution < -0.4 is 0 Å². The lowest BCUT2D eigenvalue weighted by Crippen LogP contribution is -2.46. The van der Waals surface area contributed by atoms with Crippen LogP contribution in [0.2, 0.25) is 0 Å². The van der Waals surface area contributed by atoms with Gasteiger partial charge in [0, 0.05) is 17.8 Å². The predicted octanol–water partition coefficient (Wildman–Crippen LogP) is 2.79. The Hall–Kier alpha value is -1.69. The Labute approximate surface area is 155 Å². The first kappa shape index (κ1) is 17.7. The van der Waals surface area contributed by atoms with Crippen molar-refractivity contribution in [1.29, 1.82) is 0 Å². The van der Waals surface area contributed by atoms with Gasteiger partial charge in [-0.2, -0.15) is 0 Å². The molecule has 1 spiro atoms. The van der Waals surface area contributed by atoms with E-state index in [2.05, 4.69) is 25.4 Å². The van der Waals surface area contributed by atoms with Gasteiger partial charge in [0.05, 0.1) is 17.7 Å². The average molecular weight is 375 g/mol. The van der Waals surface area contributed by atoms with Gasteiger partial charge < -0.3 is 0 Å². The summed E-state index contributed by atoms with van der Waals surface area (Å²) in [6.45, 7) is 8.17. The number of amides is 1. The zero-order chi connectivity index (χ0) is 18.7. The molecule has 1 amide bonds. The molecule has 3 aliphatic rings. The number of carbonyl (C=O) groups excluding carboxylic acids is 1. The highest BCUT2D eigenvalue weighted by Crippen LogP contribution is 2.70. The van der Waals surface area contributed by atoms with Gasteiger partial charge in [0.1, 0.15) is 0 Å². The van der Waals surface area contributed by atoms with Gasteiger partial charge in [-0.1, -0.05) is 26.0 Å². The van der Waals surface area contributed by atoms with E-state index in [0.717, 1.165) is 24.8 Å². The highest BCUT2D eigenvalue weighted by molar-refractivity contribution is 7.90. The van der Waals surface area contributed by atoms with Crippen molar-refractivity contribution in [3.63, 3.8) is 0 Å². The average Bonchev–Trinajstić information content (AvgIpc) is 3.07. The van der Waals surface area contributed by atoms with Gasteiger partial charge in [-0.3, -0.25) is 9.78 Å². The zero-order valence-corrected chi connectivity index (χ0v) is 16.2. The maximum absolute atomic E-state index is 13.3. The van der Waals surface area contributed by atoms with Gasteiger partial charge >= 0.3 is 0 Å².